The fraction of sp³-hybridized carbons (Fsp3) is 0.222. The maximum Gasteiger partial charge on any atom is 0.157 e. The highest BCUT2D eigenvalue weighted by Gasteiger charge is 2.33. The third-order valence-electron chi connectivity index (χ3n) is 3.83. The molecule has 0 radical (unpaired) electrons. The summed E-state index contributed by atoms with van der Waals surface area (Å²) in [7, 11) is 1.66. The zero-order valence-electron chi connectivity index (χ0n) is 12.4. The lowest BCUT2D eigenvalue weighted by molar-refractivity contribution is 0.112. The van der Waals surface area contributed by atoms with Gasteiger partial charge in [0.25, 0.3) is 0 Å². The van der Waals surface area contributed by atoms with Crippen molar-refractivity contribution in [3.63, 3.8) is 0 Å². The molecule has 2 aromatic rings. The summed E-state index contributed by atoms with van der Waals surface area (Å²) in [6.45, 7) is 4.54. The molecule has 1 fully saturated rings. The van der Waals surface area contributed by atoms with Crippen LogP contribution >= 0.6 is 11.6 Å². The van der Waals surface area contributed by atoms with Crippen molar-refractivity contribution < 1.29 is 9.47 Å². The summed E-state index contributed by atoms with van der Waals surface area (Å²) in [6, 6.07) is 15.9. The number of halogens is 1. The molecule has 0 spiro atoms. The molecule has 3 rings (SSSR count). The fourth-order valence-corrected chi connectivity index (χ4v) is 2.80. The maximum absolute atomic E-state index is 5.99. The van der Waals surface area contributed by atoms with Crippen LogP contribution in [0, 0.1) is 0 Å². The Morgan fingerprint density at radius 2 is 1.86 bits per heavy atom. The van der Waals surface area contributed by atoms with Crippen molar-refractivity contribution in [1.29, 1.82) is 0 Å². The van der Waals surface area contributed by atoms with Gasteiger partial charge in [0.05, 0.1) is 19.8 Å². The molecule has 0 unspecified atom stereocenters. The number of hydrogen-bond donors (Lipinski definition) is 0. The third-order valence-corrected chi connectivity index (χ3v) is 4.08. The normalized spacial score (nSPS) is 20.9. The lowest BCUT2D eigenvalue weighted by atomic mass is 10.1. The van der Waals surface area contributed by atoms with Crippen molar-refractivity contribution in [3.8, 4) is 5.75 Å². The van der Waals surface area contributed by atoms with Crippen LogP contribution in [0.15, 0.2) is 61.2 Å². The van der Waals surface area contributed by atoms with Gasteiger partial charge in [-0.05, 0) is 36.4 Å². The molecule has 22 heavy (non-hydrogen) atoms. The molecule has 2 atom stereocenters. The molecule has 1 aliphatic rings. The van der Waals surface area contributed by atoms with Crippen LogP contribution in [0.5, 0.6) is 5.75 Å². The molecule has 1 aliphatic heterocycles. The molecule has 0 aliphatic carbocycles. The Balaban J connectivity index is 1.95. The van der Waals surface area contributed by atoms with Crippen molar-refractivity contribution in [3.05, 3.63) is 71.8 Å². The van der Waals surface area contributed by atoms with Crippen LogP contribution in [0.25, 0.3) is 0 Å². The predicted octanol–water partition coefficient (Wildman–Crippen LogP) is 4.44. The average molecular weight is 316 g/mol. The van der Waals surface area contributed by atoms with Gasteiger partial charge in [0.1, 0.15) is 5.75 Å². The van der Waals surface area contributed by atoms with E-state index < -0.39 is 0 Å². The monoisotopic (exact) mass is 315 g/mol. The highest BCUT2D eigenvalue weighted by Crippen LogP contribution is 2.36. The topological polar surface area (TPSA) is 21.7 Å². The predicted molar refractivity (Wildman–Crippen MR) is 89.6 cm³/mol. The van der Waals surface area contributed by atoms with Crippen molar-refractivity contribution >= 4 is 17.3 Å². The van der Waals surface area contributed by atoms with Gasteiger partial charge in [0.15, 0.2) is 6.23 Å². The molecule has 2 aromatic carbocycles. The second-order valence-electron chi connectivity index (χ2n) is 5.15. The van der Waals surface area contributed by atoms with Crippen LogP contribution in [0.1, 0.15) is 11.8 Å². The van der Waals surface area contributed by atoms with Crippen LogP contribution in [0.4, 0.5) is 5.69 Å². The van der Waals surface area contributed by atoms with Crippen LogP contribution in [0.2, 0.25) is 5.02 Å². The van der Waals surface area contributed by atoms with Gasteiger partial charge in [-0.1, -0.05) is 29.8 Å². The van der Waals surface area contributed by atoms with Crippen LogP contribution < -0.4 is 9.64 Å². The summed E-state index contributed by atoms with van der Waals surface area (Å²) in [5.41, 5.74) is 2.15. The summed E-state index contributed by atoms with van der Waals surface area (Å²) in [5.74, 6) is 0.835. The molecule has 0 saturated carbocycles. The standard InChI is InChI=1S/C18H18ClNO2/c1-3-15-12-22-18(13-4-6-14(19)7-5-13)20(15)16-8-10-17(21-2)11-9-16/h3-11,15,18H,1,12H2,2H3/t15-,18-/m0/s1. The van der Waals surface area contributed by atoms with E-state index in [9.17, 15) is 0 Å². The molecule has 4 heteroatoms. The second kappa shape index (κ2) is 6.42. The van der Waals surface area contributed by atoms with E-state index in [0.29, 0.717) is 6.61 Å². The smallest absolute Gasteiger partial charge is 0.157 e. The molecular weight excluding hydrogens is 298 g/mol. The first kappa shape index (κ1) is 14.9. The number of nitrogens with zero attached hydrogens (tertiary/aromatic N) is 1. The number of anilines is 1. The summed E-state index contributed by atoms with van der Waals surface area (Å²) in [5, 5.41) is 0.720. The minimum absolute atomic E-state index is 0.133. The highest BCUT2D eigenvalue weighted by atomic mass is 35.5. The van der Waals surface area contributed by atoms with Gasteiger partial charge >= 0.3 is 0 Å². The van der Waals surface area contributed by atoms with E-state index in [2.05, 4.69) is 11.5 Å². The summed E-state index contributed by atoms with van der Waals surface area (Å²) < 4.78 is 11.2. The Kier molecular flexibility index (Phi) is 4.36. The molecule has 0 N–H and O–H groups in total. The van der Waals surface area contributed by atoms with Crippen molar-refractivity contribution in [2.24, 2.45) is 0 Å². The van der Waals surface area contributed by atoms with E-state index in [0.717, 1.165) is 22.0 Å². The van der Waals surface area contributed by atoms with E-state index in [1.54, 1.807) is 7.11 Å². The number of hydrogen-bond acceptors (Lipinski definition) is 3. The quantitative estimate of drug-likeness (QED) is 0.779. The average Bonchev–Trinajstić information content (AvgIpc) is 2.99. The molecule has 0 aromatic heterocycles. The van der Waals surface area contributed by atoms with Crippen molar-refractivity contribution in [1.82, 2.24) is 0 Å². The van der Waals surface area contributed by atoms with E-state index in [1.807, 2.05) is 54.6 Å². The number of methoxy groups -OCH3 is 1. The molecule has 1 heterocycles. The van der Waals surface area contributed by atoms with Crippen LogP contribution in [-0.4, -0.2) is 19.8 Å². The zero-order chi connectivity index (χ0) is 15.5. The minimum Gasteiger partial charge on any atom is -0.497 e. The van der Waals surface area contributed by atoms with Gasteiger partial charge in [-0.3, -0.25) is 0 Å². The van der Waals surface area contributed by atoms with Gasteiger partial charge in [0.2, 0.25) is 0 Å². The van der Waals surface area contributed by atoms with Gasteiger partial charge in [-0.25, -0.2) is 0 Å². The molecule has 0 amide bonds. The summed E-state index contributed by atoms with van der Waals surface area (Å²) in [6.07, 6.45) is 1.77. The number of ether oxygens (including phenoxy) is 2. The minimum atomic E-state index is -0.145. The van der Waals surface area contributed by atoms with Gasteiger partial charge in [0, 0.05) is 16.3 Å². The first-order chi connectivity index (χ1) is 10.7. The molecule has 3 nitrogen and oxygen atoms in total. The van der Waals surface area contributed by atoms with Crippen molar-refractivity contribution in [2.75, 3.05) is 18.6 Å². The Morgan fingerprint density at radius 3 is 2.45 bits per heavy atom. The van der Waals surface area contributed by atoms with Gasteiger partial charge < -0.3 is 14.4 Å². The number of benzene rings is 2. The molecule has 0 bridgehead atoms. The SMILES string of the molecule is C=C[C@H]1CO[C@@H](c2ccc(Cl)cc2)N1c1ccc(OC)cc1. The first-order valence-corrected chi connectivity index (χ1v) is 7.52. The van der Waals surface area contributed by atoms with Gasteiger partial charge in [-0.15, -0.1) is 6.58 Å². The van der Waals surface area contributed by atoms with E-state index in [4.69, 9.17) is 21.1 Å². The fourth-order valence-electron chi connectivity index (χ4n) is 2.67. The van der Waals surface area contributed by atoms with Crippen LogP contribution in [-0.2, 0) is 4.74 Å². The molecule has 1 saturated heterocycles. The highest BCUT2D eigenvalue weighted by molar-refractivity contribution is 6.30. The lowest BCUT2D eigenvalue weighted by Gasteiger charge is -2.29. The largest absolute Gasteiger partial charge is 0.497 e. The second-order valence-corrected chi connectivity index (χ2v) is 5.58. The maximum atomic E-state index is 5.99. The van der Waals surface area contributed by atoms with E-state index >= 15 is 0 Å². The Morgan fingerprint density at radius 1 is 1.18 bits per heavy atom. The van der Waals surface area contributed by atoms with Crippen LogP contribution in [0.3, 0.4) is 0 Å². The third kappa shape index (κ3) is 2.82. The summed E-state index contributed by atoms with van der Waals surface area (Å²) >= 11 is 5.98. The molecule has 114 valence electrons. The Bertz CT molecular complexity index is 639. The lowest BCUT2D eigenvalue weighted by Crippen LogP contribution is -2.31. The number of rotatable bonds is 4. The first-order valence-electron chi connectivity index (χ1n) is 7.15. The van der Waals surface area contributed by atoms with E-state index in [-0.39, 0.29) is 12.3 Å². The summed E-state index contributed by atoms with van der Waals surface area (Å²) in [4.78, 5) is 2.22. The Hall–Kier alpha value is -1.97. The van der Waals surface area contributed by atoms with E-state index in [1.165, 1.54) is 0 Å². The molecular formula is C18H18ClNO2. The Labute approximate surface area is 135 Å². The van der Waals surface area contributed by atoms with Gasteiger partial charge in [-0.2, -0.15) is 0 Å². The van der Waals surface area contributed by atoms with Crippen molar-refractivity contribution in [2.45, 2.75) is 12.3 Å². The zero-order valence-corrected chi connectivity index (χ0v) is 13.2.